The van der Waals surface area contributed by atoms with Crippen LogP contribution in [0.2, 0.25) is 0 Å². The van der Waals surface area contributed by atoms with Crippen LogP contribution in [0.3, 0.4) is 0 Å². The first-order valence-corrected chi connectivity index (χ1v) is 8.73. The Balaban J connectivity index is 1.57. The van der Waals surface area contributed by atoms with Gasteiger partial charge in [-0.2, -0.15) is 0 Å². The quantitative estimate of drug-likeness (QED) is 0.809. The van der Waals surface area contributed by atoms with E-state index >= 15 is 0 Å². The number of likely N-dealkylation sites (tertiary alicyclic amines) is 1. The molecule has 2 aromatic rings. The van der Waals surface area contributed by atoms with Crippen molar-refractivity contribution >= 4 is 6.09 Å². The molecule has 1 aromatic carbocycles. The van der Waals surface area contributed by atoms with Crippen molar-refractivity contribution in [1.82, 2.24) is 14.5 Å². The van der Waals surface area contributed by atoms with Crippen molar-refractivity contribution in [1.29, 1.82) is 0 Å². The SMILES string of the molecule is COCCn1ccnc1C1CCCN(C(=O)OCc2ccccc2)C1. The highest BCUT2D eigenvalue weighted by Crippen LogP contribution is 2.26. The van der Waals surface area contributed by atoms with E-state index in [0.717, 1.165) is 37.3 Å². The molecule has 0 N–H and O–H groups in total. The molecule has 1 atom stereocenters. The number of benzene rings is 1. The van der Waals surface area contributed by atoms with Crippen molar-refractivity contribution in [2.45, 2.75) is 31.9 Å². The Morgan fingerprint density at radius 3 is 2.96 bits per heavy atom. The van der Waals surface area contributed by atoms with Crippen LogP contribution in [0.25, 0.3) is 0 Å². The molecule has 6 heteroatoms. The number of carbonyl (C=O) groups excluding carboxylic acids is 1. The minimum absolute atomic E-state index is 0.241. The second kappa shape index (κ2) is 8.67. The molecule has 1 aliphatic heterocycles. The number of nitrogens with zero attached hydrogens (tertiary/aromatic N) is 3. The summed E-state index contributed by atoms with van der Waals surface area (Å²) in [6.45, 7) is 3.13. The molecule has 134 valence electrons. The van der Waals surface area contributed by atoms with Gasteiger partial charge in [-0.15, -0.1) is 0 Å². The molecule has 2 heterocycles. The van der Waals surface area contributed by atoms with Crippen LogP contribution in [0, 0.1) is 0 Å². The van der Waals surface area contributed by atoms with Gasteiger partial charge in [-0.05, 0) is 18.4 Å². The number of hydrogen-bond acceptors (Lipinski definition) is 4. The predicted octanol–water partition coefficient (Wildman–Crippen LogP) is 3.05. The van der Waals surface area contributed by atoms with Gasteiger partial charge >= 0.3 is 6.09 Å². The molecule has 1 unspecified atom stereocenters. The fraction of sp³-hybridized carbons (Fsp3) is 0.474. The molecule has 0 bridgehead atoms. The maximum absolute atomic E-state index is 12.4. The van der Waals surface area contributed by atoms with Gasteiger partial charge in [0.15, 0.2) is 0 Å². The highest BCUT2D eigenvalue weighted by Gasteiger charge is 2.28. The number of methoxy groups -OCH3 is 1. The van der Waals surface area contributed by atoms with Crippen LogP contribution < -0.4 is 0 Å². The summed E-state index contributed by atoms with van der Waals surface area (Å²) in [5.74, 6) is 1.27. The molecule has 1 fully saturated rings. The zero-order valence-electron chi connectivity index (χ0n) is 14.6. The smallest absolute Gasteiger partial charge is 0.410 e. The predicted molar refractivity (Wildman–Crippen MR) is 94.3 cm³/mol. The minimum atomic E-state index is -0.247. The Bertz CT molecular complexity index is 672. The van der Waals surface area contributed by atoms with Crippen LogP contribution in [0.4, 0.5) is 4.79 Å². The third-order valence-corrected chi connectivity index (χ3v) is 4.53. The first-order valence-electron chi connectivity index (χ1n) is 8.73. The Hall–Kier alpha value is -2.34. The van der Waals surface area contributed by atoms with E-state index in [4.69, 9.17) is 9.47 Å². The normalized spacial score (nSPS) is 17.5. The first kappa shape index (κ1) is 17.5. The van der Waals surface area contributed by atoms with Crippen LogP contribution in [-0.4, -0.2) is 47.4 Å². The summed E-state index contributed by atoms with van der Waals surface area (Å²) in [5.41, 5.74) is 1.000. The molecule has 3 rings (SSSR count). The van der Waals surface area contributed by atoms with Gasteiger partial charge in [-0.3, -0.25) is 0 Å². The topological polar surface area (TPSA) is 56.6 Å². The van der Waals surface area contributed by atoms with Gasteiger partial charge in [0.2, 0.25) is 0 Å². The van der Waals surface area contributed by atoms with Gasteiger partial charge in [-0.25, -0.2) is 9.78 Å². The second-order valence-corrected chi connectivity index (χ2v) is 6.30. The van der Waals surface area contributed by atoms with E-state index in [1.807, 2.05) is 42.7 Å². The van der Waals surface area contributed by atoms with Crippen molar-refractivity contribution in [2.75, 3.05) is 26.8 Å². The van der Waals surface area contributed by atoms with Crippen LogP contribution >= 0.6 is 0 Å². The molecule has 0 aliphatic carbocycles. The number of piperidine rings is 1. The molecular formula is C19H25N3O3. The maximum Gasteiger partial charge on any atom is 0.410 e. The summed E-state index contributed by atoms with van der Waals surface area (Å²) in [5, 5.41) is 0. The van der Waals surface area contributed by atoms with Crippen LogP contribution in [-0.2, 0) is 22.6 Å². The van der Waals surface area contributed by atoms with E-state index in [1.54, 1.807) is 12.0 Å². The highest BCUT2D eigenvalue weighted by molar-refractivity contribution is 5.67. The lowest BCUT2D eigenvalue weighted by Gasteiger charge is -2.32. The lowest BCUT2D eigenvalue weighted by atomic mass is 9.97. The van der Waals surface area contributed by atoms with Gasteiger partial charge in [0.1, 0.15) is 12.4 Å². The Labute approximate surface area is 148 Å². The third kappa shape index (κ3) is 4.60. The summed E-state index contributed by atoms with van der Waals surface area (Å²) in [6, 6.07) is 9.75. The van der Waals surface area contributed by atoms with Gasteiger partial charge in [0.05, 0.1) is 6.61 Å². The van der Waals surface area contributed by atoms with Crippen molar-refractivity contribution in [3.63, 3.8) is 0 Å². The molecule has 1 aliphatic rings. The summed E-state index contributed by atoms with van der Waals surface area (Å²) < 4.78 is 12.7. The van der Waals surface area contributed by atoms with Gasteiger partial charge in [0, 0.05) is 45.1 Å². The molecule has 0 radical (unpaired) electrons. The molecule has 25 heavy (non-hydrogen) atoms. The third-order valence-electron chi connectivity index (χ3n) is 4.53. The van der Waals surface area contributed by atoms with E-state index in [2.05, 4.69) is 9.55 Å². The van der Waals surface area contributed by atoms with Crippen molar-refractivity contribution in [3.05, 3.63) is 54.1 Å². The summed E-state index contributed by atoms with van der Waals surface area (Å²) in [6.07, 6.45) is 5.54. The molecule has 0 saturated carbocycles. The lowest BCUT2D eigenvalue weighted by molar-refractivity contribution is 0.0849. The summed E-state index contributed by atoms with van der Waals surface area (Å²) in [7, 11) is 1.70. The van der Waals surface area contributed by atoms with Crippen LogP contribution in [0.5, 0.6) is 0 Å². The standard InChI is InChI=1S/C19H25N3O3/c1-24-13-12-21-11-9-20-18(21)17-8-5-10-22(14-17)19(23)25-15-16-6-3-2-4-7-16/h2-4,6-7,9,11,17H,5,8,10,12-15H2,1H3. The number of rotatable bonds is 6. The van der Waals surface area contributed by atoms with E-state index in [0.29, 0.717) is 19.8 Å². The summed E-state index contributed by atoms with van der Waals surface area (Å²) >= 11 is 0. The Morgan fingerprint density at radius 2 is 2.16 bits per heavy atom. The Kier molecular flexibility index (Phi) is 6.06. The average molecular weight is 343 g/mol. The number of hydrogen-bond donors (Lipinski definition) is 0. The van der Waals surface area contributed by atoms with Crippen molar-refractivity contribution in [3.8, 4) is 0 Å². The fourth-order valence-corrected chi connectivity index (χ4v) is 3.22. The summed E-state index contributed by atoms with van der Waals surface area (Å²) in [4.78, 5) is 18.7. The van der Waals surface area contributed by atoms with Gasteiger partial charge in [-0.1, -0.05) is 30.3 Å². The number of amides is 1. The first-order chi connectivity index (χ1) is 12.3. The number of ether oxygens (including phenoxy) is 2. The van der Waals surface area contributed by atoms with E-state index < -0.39 is 0 Å². The zero-order chi connectivity index (χ0) is 17.5. The highest BCUT2D eigenvalue weighted by atomic mass is 16.6. The van der Waals surface area contributed by atoms with Gasteiger partial charge in [0.25, 0.3) is 0 Å². The molecule has 0 spiro atoms. The number of carbonyl (C=O) groups is 1. The van der Waals surface area contributed by atoms with E-state index in [9.17, 15) is 4.79 Å². The largest absolute Gasteiger partial charge is 0.445 e. The van der Waals surface area contributed by atoms with E-state index in [1.165, 1.54) is 0 Å². The van der Waals surface area contributed by atoms with Crippen LogP contribution in [0.15, 0.2) is 42.7 Å². The maximum atomic E-state index is 12.4. The van der Waals surface area contributed by atoms with Crippen LogP contribution in [0.1, 0.15) is 30.1 Å². The number of aromatic nitrogens is 2. The number of imidazole rings is 1. The molecular weight excluding hydrogens is 318 g/mol. The fourth-order valence-electron chi connectivity index (χ4n) is 3.22. The van der Waals surface area contributed by atoms with Crippen molar-refractivity contribution in [2.24, 2.45) is 0 Å². The zero-order valence-corrected chi connectivity index (χ0v) is 14.6. The molecule has 6 nitrogen and oxygen atoms in total. The molecule has 1 saturated heterocycles. The molecule has 1 aromatic heterocycles. The molecule has 1 amide bonds. The Morgan fingerprint density at radius 1 is 1.32 bits per heavy atom. The van der Waals surface area contributed by atoms with Crippen molar-refractivity contribution < 1.29 is 14.3 Å². The van der Waals surface area contributed by atoms with E-state index in [-0.39, 0.29) is 12.0 Å². The second-order valence-electron chi connectivity index (χ2n) is 6.30. The van der Waals surface area contributed by atoms with Gasteiger partial charge < -0.3 is 18.9 Å². The average Bonchev–Trinajstić information content (AvgIpc) is 3.14. The lowest BCUT2D eigenvalue weighted by Crippen LogP contribution is -2.40. The monoisotopic (exact) mass is 343 g/mol. The minimum Gasteiger partial charge on any atom is -0.445 e.